The van der Waals surface area contributed by atoms with Gasteiger partial charge in [-0.25, -0.2) is 0 Å². The molecule has 2 nitrogen and oxygen atoms in total. The quantitative estimate of drug-likeness (QED) is 0.609. The lowest BCUT2D eigenvalue weighted by molar-refractivity contribution is 0.212. The van der Waals surface area contributed by atoms with Gasteiger partial charge in [0, 0.05) is 0 Å². The van der Waals surface area contributed by atoms with Gasteiger partial charge in [0.25, 0.3) is 0 Å². The van der Waals surface area contributed by atoms with E-state index < -0.39 is 22.4 Å². The zero-order chi connectivity index (χ0) is 18.5. The standard InChI is InChI=1S/C26H18O2/c1-3-11-19(12-4-1)25-21-15-7-8-16-22(21)26(20-13-5-2-6-14-20)24(28-26)18-10-9-17-23(24,25)27-25/h1-18H. The molecule has 4 atom stereocenters. The molecule has 0 radical (unpaired) electrons. The van der Waals surface area contributed by atoms with E-state index in [-0.39, 0.29) is 0 Å². The predicted molar refractivity (Wildman–Crippen MR) is 107 cm³/mol. The second-order valence-corrected chi connectivity index (χ2v) is 8.03. The van der Waals surface area contributed by atoms with Crippen LogP contribution in [0.5, 0.6) is 0 Å². The van der Waals surface area contributed by atoms with Gasteiger partial charge < -0.3 is 9.47 Å². The fraction of sp³-hybridized carbons (Fsp3) is 0.154. The first-order valence-electron chi connectivity index (χ1n) is 9.79. The molecule has 2 aliphatic carbocycles. The van der Waals surface area contributed by atoms with Crippen molar-refractivity contribution >= 4 is 0 Å². The summed E-state index contributed by atoms with van der Waals surface area (Å²) in [6.45, 7) is 0. The first-order valence-corrected chi connectivity index (χ1v) is 9.79. The highest BCUT2D eigenvalue weighted by molar-refractivity contribution is 5.71. The largest absolute Gasteiger partial charge is 0.344 e. The van der Waals surface area contributed by atoms with Crippen molar-refractivity contribution in [2.75, 3.05) is 0 Å². The lowest BCUT2D eigenvalue weighted by atomic mass is 9.59. The van der Waals surface area contributed by atoms with Gasteiger partial charge in [0.15, 0.2) is 22.4 Å². The third kappa shape index (κ3) is 1.32. The molecule has 2 spiro atoms. The Hall–Kier alpha value is -2.94. The number of benzene rings is 3. The molecule has 4 aliphatic rings. The van der Waals surface area contributed by atoms with Crippen LogP contribution in [-0.2, 0) is 20.7 Å². The minimum Gasteiger partial charge on any atom is -0.344 e. The van der Waals surface area contributed by atoms with Gasteiger partial charge in [-0.1, -0.05) is 97.1 Å². The maximum atomic E-state index is 6.80. The van der Waals surface area contributed by atoms with E-state index >= 15 is 0 Å². The van der Waals surface area contributed by atoms with E-state index in [4.69, 9.17) is 9.47 Å². The molecule has 134 valence electrons. The monoisotopic (exact) mass is 362 g/mol. The molecule has 0 amide bonds. The van der Waals surface area contributed by atoms with Gasteiger partial charge in [-0.05, 0) is 34.4 Å². The van der Waals surface area contributed by atoms with Crippen LogP contribution in [0.2, 0.25) is 0 Å². The Kier molecular flexibility index (Phi) is 2.44. The van der Waals surface area contributed by atoms with Gasteiger partial charge >= 0.3 is 0 Å². The number of allylic oxidation sites excluding steroid dienone is 2. The molecule has 2 saturated heterocycles. The minimum absolute atomic E-state index is 0.513. The molecule has 3 aromatic carbocycles. The molecule has 4 unspecified atom stereocenters. The smallest absolute Gasteiger partial charge is 0.162 e. The third-order valence-corrected chi connectivity index (χ3v) is 6.96. The van der Waals surface area contributed by atoms with Crippen molar-refractivity contribution < 1.29 is 9.47 Å². The van der Waals surface area contributed by atoms with Crippen LogP contribution >= 0.6 is 0 Å². The molecule has 0 bridgehead atoms. The molecule has 7 rings (SSSR count). The number of fused-ring (bicyclic) bond motifs is 3. The molecule has 2 heteroatoms. The Morgan fingerprint density at radius 1 is 0.464 bits per heavy atom. The number of rotatable bonds is 2. The van der Waals surface area contributed by atoms with Crippen LogP contribution in [-0.4, -0.2) is 11.2 Å². The highest BCUT2D eigenvalue weighted by Crippen LogP contribution is 2.83. The third-order valence-electron chi connectivity index (χ3n) is 6.96. The Labute approximate surface area is 163 Å². The van der Waals surface area contributed by atoms with Gasteiger partial charge in [-0.3, -0.25) is 0 Å². The second kappa shape index (κ2) is 4.54. The molecule has 28 heavy (non-hydrogen) atoms. The molecule has 2 aliphatic heterocycles. The van der Waals surface area contributed by atoms with Crippen LogP contribution in [0.15, 0.2) is 109 Å². The van der Waals surface area contributed by atoms with Gasteiger partial charge in [-0.15, -0.1) is 0 Å². The average Bonchev–Trinajstić information content (AvgIpc) is 3.64. The zero-order valence-corrected chi connectivity index (χ0v) is 15.2. The minimum atomic E-state index is -0.527. The molecule has 2 fully saturated rings. The maximum Gasteiger partial charge on any atom is 0.162 e. The molecule has 0 N–H and O–H groups in total. The van der Waals surface area contributed by atoms with Crippen LogP contribution in [0.25, 0.3) is 0 Å². The molecule has 2 heterocycles. The predicted octanol–water partition coefficient (Wildman–Crippen LogP) is 4.85. The van der Waals surface area contributed by atoms with Crippen molar-refractivity contribution in [3.05, 3.63) is 131 Å². The number of epoxide rings is 2. The Bertz CT molecular complexity index is 1090. The van der Waals surface area contributed by atoms with Crippen LogP contribution in [0.4, 0.5) is 0 Å². The van der Waals surface area contributed by atoms with E-state index in [9.17, 15) is 0 Å². The first kappa shape index (κ1) is 15.0. The SMILES string of the molecule is C1=CC23OC2(c2ccccc2)c2ccccc2C2(c4ccccc4)OC23C=C1. The fourth-order valence-corrected chi connectivity index (χ4v) is 5.85. The highest BCUT2D eigenvalue weighted by Gasteiger charge is 2.95. The molecule has 3 aromatic rings. The van der Waals surface area contributed by atoms with Crippen LogP contribution < -0.4 is 0 Å². The fourth-order valence-electron chi connectivity index (χ4n) is 5.85. The second-order valence-electron chi connectivity index (χ2n) is 8.03. The Morgan fingerprint density at radius 3 is 1.29 bits per heavy atom. The van der Waals surface area contributed by atoms with Gasteiger partial charge in [0.1, 0.15) is 0 Å². The number of hydrogen-bond acceptors (Lipinski definition) is 2. The van der Waals surface area contributed by atoms with E-state index in [1.165, 1.54) is 22.3 Å². The van der Waals surface area contributed by atoms with E-state index in [2.05, 4.69) is 109 Å². The van der Waals surface area contributed by atoms with Crippen molar-refractivity contribution in [3.63, 3.8) is 0 Å². The molecular weight excluding hydrogens is 344 g/mol. The summed E-state index contributed by atoms with van der Waals surface area (Å²) in [5, 5.41) is 0. The summed E-state index contributed by atoms with van der Waals surface area (Å²) in [7, 11) is 0. The Balaban J connectivity index is 1.60. The van der Waals surface area contributed by atoms with Crippen molar-refractivity contribution in [1.29, 1.82) is 0 Å². The zero-order valence-electron chi connectivity index (χ0n) is 15.2. The van der Waals surface area contributed by atoms with Crippen LogP contribution in [0.3, 0.4) is 0 Å². The highest BCUT2D eigenvalue weighted by atomic mass is 16.7. The number of hydrogen-bond donors (Lipinski definition) is 0. The van der Waals surface area contributed by atoms with Crippen molar-refractivity contribution in [1.82, 2.24) is 0 Å². The summed E-state index contributed by atoms with van der Waals surface area (Å²) < 4.78 is 13.6. The summed E-state index contributed by atoms with van der Waals surface area (Å²) in [5.41, 5.74) is 2.69. The van der Waals surface area contributed by atoms with E-state index in [1.54, 1.807) is 0 Å². The topological polar surface area (TPSA) is 25.1 Å². The number of ether oxygens (including phenoxy) is 2. The van der Waals surface area contributed by atoms with E-state index in [0.29, 0.717) is 0 Å². The van der Waals surface area contributed by atoms with E-state index in [0.717, 1.165) is 0 Å². The van der Waals surface area contributed by atoms with E-state index in [1.807, 2.05) is 0 Å². The first-order chi connectivity index (χ1) is 13.8. The van der Waals surface area contributed by atoms with Gasteiger partial charge in [0.2, 0.25) is 0 Å². The molecule has 0 aromatic heterocycles. The Morgan fingerprint density at radius 2 is 0.857 bits per heavy atom. The lowest BCUT2D eigenvalue weighted by Gasteiger charge is -2.34. The maximum absolute atomic E-state index is 6.80. The summed E-state index contributed by atoms with van der Waals surface area (Å²) in [6, 6.07) is 29.8. The normalized spacial score (nSPS) is 38.0. The molecular formula is C26H18O2. The lowest BCUT2D eigenvalue weighted by Crippen LogP contribution is -2.47. The van der Waals surface area contributed by atoms with Crippen molar-refractivity contribution in [2.45, 2.75) is 22.4 Å². The van der Waals surface area contributed by atoms with Gasteiger partial charge in [-0.2, -0.15) is 0 Å². The summed E-state index contributed by atoms with van der Waals surface area (Å²) in [6.07, 6.45) is 8.61. The summed E-state index contributed by atoms with van der Waals surface area (Å²) in [5.74, 6) is 0. The average molecular weight is 362 g/mol. The van der Waals surface area contributed by atoms with Crippen LogP contribution in [0.1, 0.15) is 22.3 Å². The van der Waals surface area contributed by atoms with Crippen LogP contribution in [0, 0.1) is 0 Å². The van der Waals surface area contributed by atoms with Crippen molar-refractivity contribution in [2.24, 2.45) is 0 Å². The van der Waals surface area contributed by atoms with Crippen molar-refractivity contribution in [3.8, 4) is 0 Å². The summed E-state index contributed by atoms with van der Waals surface area (Å²) >= 11 is 0. The van der Waals surface area contributed by atoms with Gasteiger partial charge in [0.05, 0.1) is 0 Å². The summed E-state index contributed by atoms with van der Waals surface area (Å²) in [4.78, 5) is 0. The molecule has 0 saturated carbocycles.